The Morgan fingerprint density at radius 3 is 2.50 bits per heavy atom. The van der Waals surface area contributed by atoms with Crippen LogP contribution < -0.4 is 0 Å². The molecule has 0 saturated heterocycles. The van der Waals surface area contributed by atoms with Crippen LogP contribution in [0.25, 0.3) is 11.1 Å². The molecule has 1 saturated carbocycles. The summed E-state index contributed by atoms with van der Waals surface area (Å²) in [6.45, 7) is 0.500. The van der Waals surface area contributed by atoms with Gasteiger partial charge in [-0.3, -0.25) is 0 Å². The van der Waals surface area contributed by atoms with E-state index in [4.69, 9.17) is 4.84 Å². The molecule has 2 heteroatoms. The lowest BCUT2D eigenvalue weighted by atomic mass is 9.90. The SMILES string of the molecule is [C](=N/OCc1cccc(-c2ccccc2)c1)/C1CCCCC1. The summed E-state index contributed by atoms with van der Waals surface area (Å²) in [5.41, 5.74) is 3.57. The van der Waals surface area contributed by atoms with Crippen molar-refractivity contribution in [3.05, 3.63) is 60.2 Å². The van der Waals surface area contributed by atoms with Gasteiger partial charge in [-0.05, 0) is 35.6 Å². The molecule has 2 aromatic carbocycles. The Hall–Kier alpha value is -2.09. The van der Waals surface area contributed by atoms with Crippen LogP contribution in [0.5, 0.6) is 0 Å². The Morgan fingerprint density at radius 2 is 1.68 bits per heavy atom. The van der Waals surface area contributed by atoms with Crippen molar-refractivity contribution in [2.75, 3.05) is 0 Å². The van der Waals surface area contributed by atoms with E-state index in [1.54, 1.807) is 0 Å². The van der Waals surface area contributed by atoms with E-state index >= 15 is 0 Å². The van der Waals surface area contributed by atoms with E-state index < -0.39 is 0 Å². The van der Waals surface area contributed by atoms with Crippen molar-refractivity contribution in [1.29, 1.82) is 0 Å². The predicted molar refractivity (Wildman–Crippen MR) is 90.7 cm³/mol. The molecule has 0 aliphatic heterocycles. The molecule has 113 valence electrons. The van der Waals surface area contributed by atoms with E-state index in [2.05, 4.69) is 59.9 Å². The Labute approximate surface area is 132 Å². The number of hydrogen-bond donors (Lipinski definition) is 0. The van der Waals surface area contributed by atoms with E-state index in [0.29, 0.717) is 12.5 Å². The molecule has 0 atom stereocenters. The van der Waals surface area contributed by atoms with Crippen LogP contribution in [-0.2, 0) is 11.4 Å². The number of hydrogen-bond acceptors (Lipinski definition) is 2. The van der Waals surface area contributed by atoms with Crippen molar-refractivity contribution >= 4 is 6.21 Å². The summed E-state index contributed by atoms with van der Waals surface area (Å²) in [6, 6.07) is 18.8. The second-order valence-electron chi connectivity index (χ2n) is 5.90. The monoisotopic (exact) mass is 292 g/mol. The van der Waals surface area contributed by atoms with Crippen LogP contribution in [0.1, 0.15) is 37.7 Å². The molecule has 1 radical (unpaired) electrons. The van der Waals surface area contributed by atoms with Crippen molar-refractivity contribution in [2.24, 2.45) is 11.1 Å². The van der Waals surface area contributed by atoms with Crippen LogP contribution in [0.3, 0.4) is 0 Å². The average molecular weight is 292 g/mol. The minimum Gasteiger partial charge on any atom is -0.391 e. The van der Waals surface area contributed by atoms with Gasteiger partial charge in [0.05, 0.1) is 0 Å². The molecule has 2 nitrogen and oxygen atoms in total. The fraction of sp³-hybridized carbons (Fsp3) is 0.350. The van der Waals surface area contributed by atoms with E-state index in [1.165, 1.54) is 43.2 Å². The molecule has 22 heavy (non-hydrogen) atoms. The minimum atomic E-state index is 0.490. The van der Waals surface area contributed by atoms with Crippen molar-refractivity contribution in [2.45, 2.75) is 38.7 Å². The van der Waals surface area contributed by atoms with Crippen LogP contribution in [0.4, 0.5) is 0 Å². The quantitative estimate of drug-likeness (QED) is 0.540. The zero-order valence-electron chi connectivity index (χ0n) is 12.9. The third-order valence-electron chi connectivity index (χ3n) is 4.17. The van der Waals surface area contributed by atoms with Gasteiger partial charge in [0.1, 0.15) is 12.8 Å². The first-order valence-electron chi connectivity index (χ1n) is 8.14. The standard InChI is InChI=1S/C20H22NO/c1-3-8-17(9-4-1)15-21-22-16-18-10-7-13-20(14-18)19-11-5-2-6-12-19/h2,5-7,10-14,17H,1,3-4,8-9,16H2. The van der Waals surface area contributed by atoms with Crippen molar-refractivity contribution in [1.82, 2.24) is 0 Å². The largest absolute Gasteiger partial charge is 0.391 e. The van der Waals surface area contributed by atoms with Gasteiger partial charge in [-0.2, -0.15) is 0 Å². The topological polar surface area (TPSA) is 21.6 Å². The Kier molecular flexibility index (Phi) is 5.25. The third kappa shape index (κ3) is 4.20. The second-order valence-corrected chi connectivity index (χ2v) is 5.90. The lowest BCUT2D eigenvalue weighted by Gasteiger charge is -2.15. The van der Waals surface area contributed by atoms with Gasteiger partial charge in [0.2, 0.25) is 0 Å². The van der Waals surface area contributed by atoms with E-state index in [1.807, 2.05) is 6.07 Å². The molecule has 2 aromatic rings. The highest BCUT2D eigenvalue weighted by Crippen LogP contribution is 2.22. The maximum absolute atomic E-state index is 5.43. The van der Waals surface area contributed by atoms with Crippen LogP contribution in [0.2, 0.25) is 0 Å². The summed E-state index contributed by atoms with van der Waals surface area (Å²) >= 11 is 0. The van der Waals surface area contributed by atoms with E-state index in [-0.39, 0.29) is 0 Å². The lowest BCUT2D eigenvalue weighted by molar-refractivity contribution is 0.130. The van der Waals surface area contributed by atoms with Crippen LogP contribution in [-0.4, -0.2) is 6.21 Å². The highest BCUT2D eigenvalue weighted by atomic mass is 16.6. The lowest BCUT2D eigenvalue weighted by Crippen LogP contribution is -2.07. The second kappa shape index (κ2) is 7.79. The molecule has 0 aromatic heterocycles. The first kappa shape index (κ1) is 14.8. The number of benzene rings is 2. The molecule has 0 amide bonds. The first-order valence-corrected chi connectivity index (χ1v) is 8.14. The summed E-state index contributed by atoms with van der Waals surface area (Å²) in [4.78, 5) is 5.43. The van der Waals surface area contributed by atoms with Gasteiger partial charge < -0.3 is 4.84 Å². The smallest absolute Gasteiger partial charge is 0.142 e. The fourth-order valence-electron chi connectivity index (χ4n) is 2.92. The normalized spacial score (nSPS) is 16.0. The molecule has 0 unspecified atom stereocenters. The highest BCUT2D eigenvalue weighted by molar-refractivity contribution is 5.64. The minimum absolute atomic E-state index is 0.490. The van der Waals surface area contributed by atoms with Crippen molar-refractivity contribution < 1.29 is 4.84 Å². The van der Waals surface area contributed by atoms with Gasteiger partial charge in [0.25, 0.3) is 0 Å². The summed E-state index contributed by atoms with van der Waals surface area (Å²) in [5, 5.41) is 4.04. The average Bonchev–Trinajstić information content (AvgIpc) is 2.61. The summed E-state index contributed by atoms with van der Waals surface area (Å²) in [7, 11) is 0. The van der Waals surface area contributed by atoms with Gasteiger partial charge >= 0.3 is 0 Å². The maximum Gasteiger partial charge on any atom is 0.142 e. The Morgan fingerprint density at radius 1 is 0.909 bits per heavy atom. The summed E-state index contributed by atoms with van der Waals surface area (Å²) < 4.78 is 0. The molecule has 0 N–H and O–H groups in total. The molecule has 0 bridgehead atoms. The van der Waals surface area contributed by atoms with Gasteiger partial charge in [-0.25, -0.2) is 0 Å². The molecular formula is C20H22NO. The van der Waals surface area contributed by atoms with E-state index in [0.717, 1.165) is 5.56 Å². The Balaban J connectivity index is 1.55. The molecule has 3 rings (SSSR count). The zero-order chi connectivity index (χ0) is 15.0. The highest BCUT2D eigenvalue weighted by Gasteiger charge is 2.11. The predicted octanol–water partition coefficient (Wildman–Crippen LogP) is 5.31. The van der Waals surface area contributed by atoms with Crippen molar-refractivity contribution in [3.63, 3.8) is 0 Å². The molecule has 0 heterocycles. The number of nitrogens with zero attached hydrogens (tertiary/aromatic N) is 1. The van der Waals surface area contributed by atoms with E-state index in [9.17, 15) is 0 Å². The first-order chi connectivity index (χ1) is 10.9. The Bertz CT molecular complexity index is 600. The number of rotatable bonds is 5. The van der Waals surface area contributed by atoms with Crippen molar-refractivity contribution in [3.8, 4) is 11.1 Å². The maximum atomic E-state index is 5.43. The molecule has 1 fully saturated rings. The summed E-state index contributed by atoms with van der Waals surface area (Å²) in [5.74, 6) is 0.490. The van der Waals surface area contributed by atoms with Gasteiger partial charge in [-0.1, -0.05) is 72.9 Å². The van der Waals surface area contributed by atoms with Gasteiger partial charge in [-0.15, -0.1) is 0 Å². The molecule has 0 spiro atoms. The molecule has 1 aliphatic rings. The summed E-state index contributed by atoms with van der Waals surface area (Å²) in [6.07, 6.45) is 9.50. The van der Waals surface area contributed by atoms with Crippen LogP contribution in [0.15, 0.2) is 59.8 Å². The zero-order valence-corrected chi connectivity index (χ0v) is 12.9. The van der Waals surface area contributed by atoms with Gasteiger partial charge in [0.15, 0.2) is 0 Å². The molecular weight excluding hydrogens is 270 g/mol. The van der Waals surface area contributed by atoms with Crippen LogP contribution >= 0.6 is 0 Å². The van der Waals surface area contributed by atoms with Crippen LogP contribution in [0, 0.1) is 5.92 Å². The third-order valence-corrected chi connectivity index (χ3v) is 4.17. The molecule has 1 aliphatic carbocycles. The fourth-order valence-corrected chi connectivity index (χ4v) is 2.92. The van der Waals surface area contributed by atoms with Gasteiger partial charge in [0, 0.05) is 5.92 Å².